The first-order chi connectivity index (χ1) is 5.29. The molecule has 7 N–H and O–H groups in total. The average molecular weight is 227 g/mol. The molecular weight excluding hydrogens is 210 g/mol. The Kier molecular flexibility index (Phi) is 6.96. The van der Waals surface area contributed by atoms with Crippen LogP contribution in [0.1, 0.15) is 19.3 Å². The van der Waals surface area contributed by atoms with Crippen LogP contribution in [0.3, 0.4) is 0 Å². The normalized spacial score (nSPS) is 28.9. The van der Waals surface area contributed by atoms with Gasteiger partial charge in [0.1, 0.15) is 0 Å². The molecule has 86 valence electrons. The first-order valence-electron chi connectivity index (χ1n) is 3.85. The van der Waals surface area contributed by atoms with E-state index in [0.29, 0.717) is 6.04 Å². The quantitative estimate of drug-likeness (QED) is 0.534. The Bertz CT molecular complexity index is 232. The van der Waals surface area contributed by atoms with E-state index in [-0.39, 0.29) is 16.4 Å². The molecule has 2 unspecified atom stereocenters. The zero-order chi connectivity index (χ0) is 7.84. The van der Waals surface area contributed by atoms with E-state index in [0.717, 1.165) is 19.4 Å². The lowest BCUT2D eigenvalue weighted by Gasteiger charge is -2.43. The Morgan fingerprint density at radius 2 is 2.00 bits per heavy atom. The van der Waals surface area contributed by atoms with Gasteiger partial charge in [0.2, 0.25) is 0 Å². The summed E-state index contributed by atoms with van der Waals surface area (Å²) < 4.78 is 2.10. The molecule has 0 saturated carbocycles. The average Bonchev–Trinajstić information content (AvgIpc) is 1.90. The zero-order valence-corrected chi connectivity index (χ0v) is 8.51. The zero-order valence-electron chi connectivity index (χ0n) is 7.69. The lowest BCUT2D eigenvalue weighted by molar-refractivity contribution is 0.196. The monoisotopic (exact) mass is 227 g/mol. The second-order valence-electron chi connectivity index (χ2n) is 2.91. The van der Waals surface area contributed by atoms with Gasteiger partial charge in [0.05, 0.1) is 0 Å². The molecule has 2 heterocycles. The van der Waals surface area contributed by atoms with Crippen LogP contribution >= 0.6 is 10.7 Å². The lowest BCUT2D eigenvalue weighted by atomic mass is 10.0. The van der Waals surface area contributed by atoms with Gasteiger partial charge in [-0.15, -0.1) is 0 Å². The summed E-state index contributed by atoms with van der Waals surface area (Å²) >= 11 is 0. The second-order valence-corrected chi connectivity index (χ2v) is 4.69. The Morgan fingerprint density at radius 1 is 1.36 bits per heavy atom. The van der Waals surface area contributed by atoms with Gasteiger partial charge < -0.3 is 21.5 Å². The highest BCUT2D eigenvalue weighted by molar-refractivity contribution is 8.25. The van der Waals surface area contributed by atoms with Crippen LogP contribution in [-0.2, 0) is 0 Å². The fourth-order valence-corrected chi connectivity index (χ4v) is 3.33. The molecule has 1 saturated heterocycles. The van der Waals surface area contributed by atoms with Gasteiger partial charge in [-0.1, -0.05) is 0 Å². The standard InChI is InChI=1S/C7H11NO2S.3H2O/c9-7(10)11-5-1-2-6-3-4-8(6)11;;;/h5-6H,1-4H2,(H,9,10);3*1H2. The molecule has 0 radical (unpaired) electrons. The van der Waals surface area contributed by atoms with Crippen molar-refractivity contribution in [3.63, 3.8) is 0 Å². The third-order valence-electron chi connectivity index (χ3n) is 2.30. The largest absolute Gasteiger partial charge is 0.473 e. The molecule has 7 heteroatoms. The van der Waals surface area contributed by atoms with Gasteiger partial charge in [-0.3, -0.25) is 0 Å². The van der Waals surface area contributed by atoms with Crippen LogP contribution in [0.5, 0.6) is 0 Å². The molecule has 0 aromatic carbocycles. The SMILES string of the molecule is O.O.O.O=C(O)S1=CCCC2CCN21. The number of rotatable bonds is 0. The van der Waals surface area contributed by atoms with Crippen molar-refractivity contribution in [1.82, 2.24) is 4.31 Å². The first kappa shape index (κ1) is 16.0. The number of carbonyl (C=O) groups is 1. The number of fused-ring (bicyclic) bond motifs is 1. The Morgan fingerprint density at radius 3 is 2.36 bits per heavy atom. The minimum atomic E-state index is -0.658. The lowest BCUT2D eigenvalue weighted by Crippen LogP contribution is -2.46. The maximum Gasteiger partial charge on any atom is 0.372 e. The smallest absolute Gasteiger partial charge is 0.372 e. The van der Waals surface area contributed by atoms with Gasteiger partial charge in [0.15, 0.2) is 0 Å². The molecule has 0 amide bonds. The van der Waals surface area contributed by atoms with Crippen molar-refractivity contribution in [2.75, 3.05) is 6.54 Å². The summed E-state index contributed by atoms with van der Waals surface area (Å²) in [5.41, 5.74) is 0. The van der Waals surface area contributed by atoms with E-state index in [1.807, 2.05) is 5.37 Å². The molecule has 2 atom stereocenters. The van der Waals surface area contributed by atoms with Crippen molar-refractivity contribution in [2.24, 2.45) is 0 Å². The third kappa shape index (κ3) is 2.52. The Hall–Kier alpha value is -0.470. The number of carboxylic acid groups (broad SMARTS) is 1. The van der Waals surface area contributed by atoms with E-state index in [1.54, 1.807) is 0 Å². The van der Waals surface area contributed by atoms with E-state index in [1.165, 1.54) is 6.42 Å². The summed E-state index contributed by atoms with van der Waals surface area (Å²) in [6.45, 7) is 0.983. The second kappa shape index (κ2) is 6.10. The van der Waals surface area contributed by atoms with Gasteiger partial charge in [-0.2, -0.15) is 0 Å². The van der Waals surface area contributed by atoms with Crippen LogP contribution in [0, 0.1) is 0 Å². The van der Waals surface area contributed by atoms with Crippen molar-refractivity contribution in [1.29, 1.82) is 0 Å². The van der Waals surface area contributed by atoms with E-state index in [2.05, 4.69) is 4.31 Å². The fourth-order valence-electron chi connectivity index (χ4n) is 1.60. The molecule has 0 bridgehead atoms. The predicted molar refractivity (Wildman–Crippen MR) is 56.9 cm³/mol. The topological polar surface area (TPSA) is 135 Å². The van der Waals surface area contributed by atoms with Crippen molar-refractivity contribution < 1.29 is 26.3 Å². The van der Waals surface area contributed by atoms with Gasteiger partial charge in [-0.05, 0) is 35.3 Å². The summed E-state index contributed by atoms with van der Waals surface area (Å²) in [6, 6.07) is 0.583. The van der Waals surface area contributed by atoms with E-state index in [9.17, 15) is 4.79 Å². The fraction of sp³-hybridized carbons (Fsp3) is 0.714. The highest BCUT2D eigenvalue weighted by Gasteiger charge is 2.34. The van der Waals surface area contributed by atoms with Crippen LogP contribution in [0.4, 0.5) is 4.79 Å². The minimum absolute atomic E-state index is 0. The van der Waals surface area contributed by atoms with Crippen molar-refractivity contribution in [2.45, 2.75) is 25.3 Å². The van der Waals surface area contributed by atoms with Crippen molar-refractivity contribution in [3.05, 3.63) is 0 Å². The van der Waals surface area contributed by atoms with Crippen LogP contribution in [0.15, 0.2) is 0 Å². The highest BCUT2D eigenvalue weighted by Crippen LogP contribution is 2.37. The van der Waals surface area contributed by atoms with Gasteiger partial charge in [0, 0.05) is 12.6 Å². The molecule has 0 aromatic heterocycles. The molecule has 0 aromatic rings. The molecule has 2 rings (SSSR count). The summed E-state index contributed by atoms with van der Waals surface area (Å²) in [7, 11) is -0.559. The Labute approximate surface area is 84.5 Å². The highest BCUT2D eigenvalue weighted by atomic mass is 32.2. The maximum atomic E-state index is 10.7. The minimum Gasteiger partial charge on any atom is -0.473 e. The molecule has 1 fully saturated rings. The van der Waals surface area contributed by atoms with Crippen molar-refractivity contribution >= 4 is 21.3 Å². The molecule has 2 aliphatic rings. The van der Waals surface area contributed by atoms with Crippen molar-refractivity contribution in [3.8, 4) is 0 Å². The maximum absolute atomic E-state index is 10.7. The van der Waals surface area contributed by atoms with Crippen LogP contribution < -0.4 is 0 Å². The summed E-state index contributed by atoms with van der Waals surface area (Å²) in [5, 5.41) is 10.1. The molecule has 6 nitrogen and oxygen atoms in total. The van der Waals surface area contributed by atoms with Crippen LogP contribution in [0.2, 0.25) is 0 Å². The summed E-state index contributed by atoms with van der Waals surface area (Å²) in [5.74, 6) is 0. The molecule has 0 spiro atoms. The van der Waals surface area contributed by atoms with E-state index < -0.39 is 16.0 Å². The number of hydrogen-bond donors (Lipinski definition) is 1. The molecule has 14 heavy (non-hydrogen) atoms. The van der Waals surface area contributed by atoms with Gasteiger partial charge in [0.25, 0.3) is 0 Å². The number of nitrogens with zero attached hydrogens (tertiary/aromatic N) is 1. The summed E-state index contributed by atoms with van der Waals surface area (Å²) in [4.78, 5) is 10.7. The predicted octanol–water partition coefficient (Wildman–Crippen LogP) is -0.956. The van der Waals surface area contributed by atoms with E-state index >= 15 is 0 Å². The Balaban J connectivity index is 0. The molecule has 2 aliphatic heterocycles. The number of hydrogen-bond acceptors (Lipinski definition) is 2. The van der Waals surface area contributed by atoms with Crippen LogP contribution in [0.25, 0.3) is 0 Å². The van der Waals surface area contributed by atoms with Gasteiger partial charge in [-0.25, -0.2) is 9.10 Å². The molecular formula is C7H17NO5S. The molecule has 0 aliphatic carbocycles. The summed E-state index contributed by atoms with van der Waals surface area (Å²) in [6.07, 6.45) is 3.35. The third-order valence-corrected chi connectivity index (χ3v) is 4.19. The first-order valence-corrected chi connectivity index (χ1v) is 5.09. The van der Waals surface area contributed by atoms with E-state index in [4.69, 9.17) is 5.11 Å². The van der Waals surface area contributed by atoms with Gasteiger partial charge >= 0.3 is 5.30 Å². The van der Waals surface area contributed by atoms with Crippen LogP contribution in [-0.4, -0.2) is 49.1 Å².